The topological polar surface area (TPSA) is 140 Å². The number of halogens is 2. The van der Waals surface area contributed by atoms with E-state index < -0.39 is 21.7 Å². The summed E-state index contributed by atoms with van der Waals surface area (Å²) >= 11 is 0. The van der Waals surface area contributed by atoms with E-state index in [9.17, 15) is 13.2 Å². The zero-order chi connectivity index (χ0) is 25.0. The van der Waals surface area contributed by atoms with E-state index in [1.165, 1.54) is 18.2 Å². The molecule has 0 saturated carbocycles. The van der Waals surface area contributed by atoms with Crippen molar-refractivity contribution >= 4 is 46.5 Å². The maximum Gasteiger partial charge on any atom is 0.261 e. The standard InChI is InChI=1S/C25H23N5O4S.2ClH/c1-35(32,33)21-9-5-8-20(24(31)29-25(26)27)22(21)34-19-12-10-18(11-13-19)23-28-14-15-30(23)16-17-6-3-2-4-7-17;;/h2-15H,16H2,1H3,(H4,26,27,29,31);2*1H. The third kappa shape index (κ3) is 7.10. The lowest BCUT2D eigenvalue weighted by molar-refractivity contribution is 0.0974. The lowest BCUT2D eigenvalue weighted by Gasteiger charge is -2.15. The molecule has 0 saturated heterocycles. The van der Waals surface area contributed by atoms with Crippen molar-refractivity contribution in [1.82, 2.24) is 14.9 Å². The average Bonchev–Trinajstić information content (AvgIpc) is 3.27. The van der Waals surface area contributed by atoms with E-state index in [2.05, 4.69) is 10.3 Å². The molecule has 0 aliphatic carbocycles. The van der Waals surface area contributed by atoms with Gasteiger partial charge in [-0.05, 0) is 42.0 Å². The van der Waals surface area contributed by atoms with E-state index in [-0.39, 0.29) is 41.0 Å². The zero-order valence-corrected chi connectivity index (χ0v) is 22.1. The van der Waals surface area contributed by atoms with Crippen LogP contribution in [0, 0.1) is 5.41 Å². The number of hydrogen-bond donors (Lipinski definition) is 3. The number of amides is 1. The maximum absolute atomic E-state index is 12.5. The van der Waals surface area contributed by atoms with Crippen LogP contribution in [0.25, 0.3) is 11.4 Å². The Morgan fingerprint density at radius 1 is 1.03 bits per heavy atom. The molecule has 194 valence electrons. The SMILES string of the molecule is CS(=O)(=O)c1cccc(C(=O)NC(=N)N)c1Oc1ccc(-c2nccn2Cc2ccccc2)cc1.Cl.Cl. The number of nitrogens with zero attached hydrogens (tertiary/aromatic N) is 2. The van der Waals surface area contributed by atoms with Crippen LogP contribution in [0.3, 0.4) is 0 Å². The molecular weight excluding hydrogens is 537 g/mol. The molecule has 0 fully saturated rings. The minimum atomic E-state index is -3.72. The van der Waals surface area contributed by atoms with Gasteiger partial charge in [-0.1, -0.05) is 36.4 Å². The molecule has 0 spiro atoms. The monoisotopic (exact) mass is 561 g/mol. The minimum absolute atomic E-state index is 0. The highest BCUT2D eigenvalue weighted by Gasteiger charge is 2.23. The van der Waals surface area contributed by atoms with Crippen molar-refractivity contribution in [2.45, 2.75) is 11.4 Å². The van der Waals surface area contributed by atoms with Gasteiger partial charge < -0.3 is 15.0 Å². The van der Waals surface area contributed by atoms with Crippen molar-refractivity contribution in [3.8, 4) is 22.9 Å². The van der Waals surface area contributed by atoms with E-state index in [4.69, 9.17) is 15.9 Å². The van der Waals surface area contributed by atoms with Crippen LogP contribution in [0.5, 0.6) is 11.5 Å². The molecule has 1 aromatic heterocycles. The Morgan fingerprint density at radius 3 is 2.32 bits per heavy atom. The Kier molecular flexibility index (Phi) is 9.84. The van der Waals surface area contributed by atoms with Crippen LogP contribution in [0.2, 0.25) is 0 Å². The van der Waals surface area contributed by atoms with E-state index in [0.717, 1.165) is 23.2 Å². The number of nitrogens with two attached hydrogens (primary N) is 1. The number of sulfone groups is 1. The third-order valence-corrected chi connectivity index (χ3v) is 6.24. The van der Waals surface area contributed by atoms with Gasteiger partial charge in [0.15, 0.2) is 21.5 Å². The van der Waals surface area contributed by atoms with Crippen molar-refractivity contribution < 1.29 is 17.9 Å². The van der Waals surface area contributed by atoms with Crippen LogP contribution in [0.4, 0.5) is 0 Å². The zero-order valence-electron chi connectivity index (χ0n) is 19.6. The number of carbonyl (C=O) groups excluding carboxylic acids is 1. The molecule has 0 aliphatic rings. The Labute approximate surface area is 226 Å². The van der Waals surface area contributed by atoms with Gasteiger partial charge in [-0.3, -0.25) is 15.5 Å². The van der Waals surface area contributed by atoms with Gasteiger partial charge in [0.25, 0.3) is 5.91 Å². The van der Waals surface area contributed by atoms with Crippen LogP contribution in [0.15, 0.2) is 90.1 Å². The van der Waals surface area contributed by atoms with E-state index in [0.29, 0.717) is 12.3 Å². The van der Waals surface area contributed by atoms with Gasteiger partial charge >= 0.3 is 0 Å². The van der Waals surface area contributed by atoms with E-state index >= 15 is 0 Å². The Morgan fingerprint density at radius 2 is 1.70 bits per heavy atom. The number of benzene rings is 3. The molecule has 12 heteroatoms. The van der Waals surface area contributed by atoms with Crippen LogP contribution >= 0.6 is 24.8 Å². The second-order valence-corrected chi connectivity index (χ2v) is 9.75. The second-order valence-electron chi connectivity index (χ2n) is 7.76. The number of guanidine groups is 1. The lowest BCUT2D eigenvalue weighted by atomic mass is 10.1. The molecule has 0 radical (unpaired) electrons. The Balaban J connectivity index is 0.00000241. The first-order chi connectivity index (χ1) is 16.7. The van der Waals surface area contributed by atoms with Crippen molar-refractivity contribution in [3.05, 3.63) is 96.3 Å². The molecule has 3 aromatic carbocycles. The minimum Gasteiger partial charge on any atom is -0.455 e. The molecule has 0 bridgehead atoms. The Hall–Kier alpha value is -3.86. The molecule has 4 rings (SSSR count). The van der Waals surface area contributed by atoms with Gasteiger partial charge in [0.05, 0.1) is 5.56 Å². The predicted molar refractivity (Wildman–Crippen MR) is 147 cm³/mol. The average molecular weight is 562 g/mol. The van der Waals surface area contributed by atoms with Crippen LogP contribution in [-0.2, 0) is 16.4 Å². The molecule has 0 unspecified atom stereocenters. The fraction of sp³-hybridized carbons (Fsp3) is 0.0800. The summed E-state index contributed by atoms with van der Waals surface area (Å²) in [7, 11) is -3.72. The summed E-state index contributed by atoms with van der Waals surface area (Å²) in [6, 6.07) is 21.1. The summed E-state index contributed by atoms with van der Waals surface area (Å²) in [4.78, 5) is 16.8. The summed E-state index contributed by atoms with van der Waals surface area (Å²) < 4.78 is 32.6. The molecule has 9 nitrogen and oxygen atoms in total. The number of imidazole rings is 1. The lowest BCUT2D eigenvalue weighted by Crippen LogP contribution is -2.35. The number of nitrogens with one attached hydrogen (secondary N) is 2. The van der Waals surface area contributed by atoms with Crippen molar-refractivity contribution in [2.75, 3.05) is 6.26 Å². The van der Waals surface area contributed by atoms with Crippen LogP contribution in [-0.4, -0.2) is 36.1 Å². The molecular formula is C25H25Cl2N5O4S. The van der Waals surface area contributed by atoms with Crippen molar-refractivity contribution in [3.63, 3.8) is 0 Å². The van der Waals surface area contributed by atoms with Gasteiger partial charge in [0.1, 0.15) is 16.5 Å². The van der Waals surface area contributed by atoms with Gasteiger partial charge in [-0.2, -0.15) is 0 Å². The fourth-order valence-electron chi connectivity index (χ4n) is 3.55. The fourth-order valence-corrected chi connectivity index (χ4v) is 4.36. The number of rotatable bonds is 7. The van der Waals surface area contributed by atoms with Gasteiger partial charge in [0, 0.05) is 30.8 Å². The van der Waals surface area contributed by atoms with Crippen LogP contribution < -0.4 is 15.8 Å². The maximum atomic E-state index is 12.5. The third-order valence-electron chi connectivity index (χ3n) is 5.11. The molecule has 4 N–H and O–H groups in total. The highest BCUT2D eigenvalue weighted by Crippen LogP contribution is 2.33. The first-order valence-electron chi connectivity index (χ1n) is 10.5. The molecule has 1 amide bonds. The summed E-state index contributed by atoms with van der Waals surface area (Å²) in [5, 5.41) is 9.46. The highest BCUT2D eigenvalue weighted by molar-refractivity contribution is 7.90. The van der Waals surface area contributed by atoms with Crippen molar-refractivity contribution in [2.24, 2.45) is 5.73 Å². The largest absolute Gasteiger partial charge is 0.455 e. The predicted octanol–water partition coefficient (Wildman–Crippen LogP) is 4.26. The van der Waals surface area contributed by atoms with E-state index in [1.54, 1.807) is 30.5 Å². The number of para-hydroxylation sites is 1. The molecule has 0 atom stereocenters. The highest BCUT2D eigenvalue weighted by atomic mass is 35.5. The van der Waals surface area contributed by atoms with Gasteiger partial charge in [-0.15, -0.1) is 24.8 Å². The molecule has 37 heavy (non-hydrogen) atoms. The van der Waals surface area contributed by atoms with Gasteiger partial charge in [0.2, 0.25) is 0 Å². The summed E-state index contributed by atoms with van der Waals surface area (Å²) in [5.74, 6) is -0.382. The Bertz CT molecular complexity index is 1490. The summed E-state index contributed by atoms with van der Waals surface area (Å²) in [5.41, 5.74) is 7.18. The van der Waals surface area contributed by atoms with Crippen LogP contribution in [0.1, 0.15) is 15.9 Å². The number of hydrogen-bond acceptors (Lipinski definition) is 6. The molecule has 0 aliphatic heterocycles. The molecule has 1 heterocycles. The first kappa shape index (κ1) is 29.4. The molecule has 4 aromatic rings. The van der Waals surface area contributed by atoms with Gasteiger partial charge in [-0.25, -0.2) is 13.4 Å². The van der Waals surface area contributed by atoms with E-state index in [1.807, 2.05) is 41.1 Å². The number of aromatic nitrogens is 2. The summed E-state index contributed by atoms with van der Waals surface area (Å²) in [6.07, 6.45) is 4.65. The number of carbonyl (C=O) groups is 1. The summed E-state index contributed by atoms with van der Waals surface area (Å²) in [6.45, 7) is 0.658. The normalized spacial score (nSPS) is 10.5. The smallest absolute Gasteiger partial charge is 0.261 e. The quantitative estimate of drug-likeness (QED) is 0.227. The second kappa shape index (κ2) is 12.4. The van der Waals surface area contributed by atoms with Crippen molar-refractivity contribution in [1.29, 1.82) is 5.41 Å². The first-order valence-corrected chi connectivity index (χ1v) is 12.4. The number of ether oxygens (including phenoxy) is 1.